The van der Waals surface area contributed by atoms with E-state index in [2.05, 4.69) is 5.32 Å². The van der Waals surface area contributed by atoms with Crippen molar-refractivity contribution < 1.29 is 18.0 Å². The van der Waals surface area contributed by atoms with E-state index in [1.54, 1.807) is 24.3 Å². The SMILES string of the molecule is Cc1ccc(N(CC(=O)N(Cc2ccccc2)[C@@H](Cc2ccccc2)C(=O)NCC(C)C)S(C)(=O)=O)cc1. The minimum absolute atomic E-state index is 0.164. The Balaban J connectivity index is 2.01. The van der Waals surface area contributed by atoms with Crippen LogP contribution in [0, 0.1) is 12.8 Å². The highest BCUT2D eigenvalue weighted by molar-refractivity contribution is 7.92. The second kappa shape index (κ2) is 13.2. The third kappa shape index (κ3) is 8.45. The Morgan fingerprint density at radius 2 is 1.39 bits per heavy atom. The van der Waals surface area contributed by atoms with Crippen LogP contribution in [0.2, 0.25) is 0 Å². The van der Waals surface area contributed by atoms with Crippen LogP contribution in [0.1, 0.15) is 30.5 Å². The molecule has 0 spiro atoms. The number of carbonyl (C=O) groups excluding carboxylic acids is 2. The average molecular weight is 536 g/mol. The number of hydrogen-bond donors (Lipinski definition) is 1. The molecule has 0 bridgehead atoms. The zero-order valence-electron chi connectivity index (χ0n) is 22.5. The Kier molecular flexibility index (Phi) is 10.1. The van der Waals surface area contributed by atoms with E-state index in [4.69, 9.17) is 0 Å². The Labute approximate surface area is 226 Å². The lowest BCUT2D eigenvalue weighted by atomic mass is 10.0. The number of nitrogens with one attached hydrogen (secondary N) is 1. The summed E-state index contributed by atoms with van der Waals surface area (Å²) in [6.07, 6.45) is 1.38. The molecule has 7 nitrogen and oxygen atoms in total. The molecule has 0 aliphatic rings. The van der Waals surface area contributed by atoms with Gasteiger partial charge in [-0.3, -0.25) is 13.9 Å². The summed E-state index contributed by atoms with van der Waals surface area (Å²) in [5, 5.41) is 2.98. The number of aryl methyl sites for hydroxylation is 1. The average Bonchev–Trinajstić information content (AvgIpc) is 2.89. The number of rotatable bonds is 12. The van der Waals surface area contributed by atoms with Crippen molar-refractivity contribution >= 4 is 27.5 Å². The van der Waals surface area contributed by atoms with Gasteiger partial charge in [0.25, 0.3) is 0 Å². The standard InChI is InChI=1S/C30H37N3O4S/c1-23(2)20-31-30(35)28(19-25-11-7-5-8-12-25)32(21-26-13-9-6-10-14-26)29(34)22-33(38(4,36)37)27-17-15-24(3)16-18-27/h5-18,23,28H,19-22H2,1-4H3,(H,31,35)/t28-/m0/s1. The summed E-state index contributed by atoms with van der Waals surface area (Å²) < 4.78 is 26.7. The molecule has 0 fully saturated rings. The van der Waals surface area contributed by atoms with Gasteiger partial charge in [-0.05, 0) is 36.1 Å². The highest BCUT2D eigenvalue weighted by Gasteiger charge is 2.33. The van der Waals surface area contributed by atoms with E-state index in [9.17, 15) is 18.0 Å². The summed E-state index contributed by atoms with van der Waals surface area (Å²) in [5.74, 6) is -0.495. The van der Waals surface area contributed by atoms with Crippen LogP contribution in [0.4, 0.5) is 5.69 Å². The maximum Gasteiger partial charge on any atom is 0.244 e. The number of carbonyl (C=O) groups is 2. The van der Waals surface area contributed by atoms with Crippen molar-refractivity contribution in [3.8, 4) is 0 Å². The van der Waals surface area contributed by atoms with Gasteiger partial charge in [-0.1, -0.05) is 92.2 Å². The third-order valence-corrected chi connectivity index (χ3v) is 7.29. The van der Waals surface area contributed by atoms with Crippen LogP contribution in [0.15, 0.2) is 84.9 Å². The molecule has 3 aromatic rings. The Morgan fingerprint density at radius 1 is 0.842 bits per heavy atom. The number of amides is 2. The normalized spacial score (nSPS) is 12.1. The molecule has 3 aromatic carbocycles. The van der Waals surface area contributed by atoms with E-state index in [-0.39, 0.29) is 18.4 Å². The van der Waals surface area contributed by atoms with Gasteiger partial charge in [0.15, 0.2) is 0 Å². The van der Waals surface area contributed by atoms with Gasteiger partial charge in [-0.2, -0.15) is 0 Å². The van der Waals surface area contributed by atoms with Crippen LogP contribution in [0.25, 0.3) is 0 Å². The van der Waals surface area contributed by atoms with Gasteiger partial charge in [-0.15, -0.1) is 0 Å². The highest BCUT2D eigenvalue weighted by atomic mass is 32.2. The molecule has 0 aromatic heterocycles. The largest absolute Gasteiger partial charge is 0.354 e. The number of benzene rings is 3. The fourth-order valence-corrected chi connectivity index (χ4v) is 4.93. The molecule has 0 radical (unpaired) electrons. The molecule has 2 amide bonds. The molecule has 0 heterocycles. The van der Waals surface area contributed by atoms with Crippen LogP contribution < -0.4 is 9.62 Å². The van der Waals surface area contributed by atoms with Crippen LogP contribution in [-0.4, -0.2) is 50.5 Å². The molecular formula is C30H37N3O4S. The molecule has 0 saturated carbocycles. The minimum Gasteiger partial charge on any atom is -0.354 e. The van der Waals surface area contributed by atoms with Gasteiger partial charge in [0.2, 0.25) is 21.8 Å². The molecule has 0 unspecified atom stereocenters. The van der Waals surface area contributed by atoms with E-state index >= 15 is 0 Å². The summed E-state index contributed by atoms with van der Waals surface area (Å²) in [4.78, 5) is 29.0. The van der Waals surface area contributed by atoms with Crippen LogP contribution in [0.5, 0.6) is 0 Å². The van der Waals surface area contributed by atoms with Crippen LogP contribution in [-0.2, 0) is 32.6 Å². The minimum atomic E-state index is -3.77. The third-order valence-electron chi connectivity index (χ3n) is 6.15. The summed E-state index contributed by atoms with van der Waals surface area (Å²) >= 11 is 0. The first-order valence-electron chi connectivity index (χ1n) is 12.7. The first-order chi connectivity index (χ1) is 18.0. The monoisotopic (exact) mass is 535 g/mol. The van der Waals surface area contributed by atoms with Gasteiger partial charge in [0.05, 0.1) is 11.9 Å². The molecule has 0 aliphatic heterocycles. The molecule has 3 rings (SSSR count). The van der Waals surface area contributed by atoms with Crippen molar-refractivity contribution in [1.29, 1.82) is 0 Å². The first-order valence-corrected chi connectivity index (χ1v) is 14.6. The van der Waals surface area contributed by atoms with Crippen molar-refractivity contribution in [3.63, 3.8) is 0 Å². The fourth-order valence-electron chi connectivity index (χ4n) is 4.08. The summed E-state index contributed by atoms with van der Waals surface area (Å²) in [6, 6.07) is 25.1. The molecule has 202 valence electrons. The lowest BCUT2D eigenvalue weighted by Gasteiger charge is -2.33. The van der Waals surface area contributed by atoms with Crippen molar-refractivity contribution in [1.82, 2.24) is 10.2 Å². The molecule has 0 aliphatic carbocycles. The Hall–Kier alpha value is -3.65. The second-order valence-corrected chi connectivity index (χ2v) is 11.9. The number of anilines is 1. The topological polar surface area (TPSA) is 86.8 Å². The van der Waals surface area contributed by atoms with Gasteiger partial charge in [0.1, 0.15) is 12.6 Å². The fraction of sp³-hybridized carbons (Fsp3) is 0.333. The van der Waals surface area contributed by atoms with Gasteiger partial charge in [0, 0.05) is 19.5 Å². The smallest absolute Gasteiger partial charge is 0.244 e. The number of hydrogen-bond acceptors (Lipinski definition) is 4. The van der Waals surface area contributed by atoms with Crippen molar-refractivity contribution in [2.75, 3.05) is 23.7 Å². The maximum atomic E-state index is 14.0. The zero-order chi connectivity index (χ0) is 27.7. The summed E-state index contributed by atoms with van der Waals surface area (Å²) in [6.45, 7) is 6.13. The molecule has 1 N–H and O–H groups in total. The highest BCUT2D eigenvalue weighted by Crippen LogP contribution is 2.21. The predicted molar refractivity (Wildman–Crippen MR) is 152 cm³/mol. The van der Waals surface area contributed by atoms with Crippen LogP contribution >= 0.6 is 0 Å². The first kappa shape index (κ1) is 28.9. The van der Waals surface area contributed by atoms with Crippen molar-refractivity contribution in [2.45, 2.75) is 39.8 Å². The summed E-state index contributed by atoms with van der Waals surface area (Å²) in [5.41, 5.74) is 3.12. The van der Waals surface area contributed by atoms with E-state index in [1.165, 1.54) is 4.90 Å². The van der Waals surface area contributed by atoms with Crippen LogP contribution in [0.3, 0.4) is 0 Å². The van der Waals surface area contributed by atoms with E-state index in [0.29, 0.717) is 18.7 Å². The molecular weight excluding hydrogens is 498 g/mol. The van der Waals surface area contributed by atoms with Crippen molar-refractivity contribution in [3.05, 3.63) is 102 Å². The summed E-state index contributed by atoms with van der Waals surface area (Å²) in [7, 11) is -3.77. The Bertz CT molecular complexity index is 1290. The molecule has 38 heavy (non-hydrogen) atoms. The van der Waals surface area contributed by atoms with E-state index < -0.39 is 28.5 Å². The lowest BCUT2D eigenvalue weighted by Crippen LogP contribution is -2.53. The molecule has 1 atom stereocenters. The number of sulfonamides is 1. The molecule has 0 saturated heterocycles. The quantitative estimate of drug-likeness (QED) is 0.377. The van der Waals surface area contributed by atoms with Gasteiger partial charge >= 0.3 is 0 Å². The second-order valence-electron chi connectivity index (χ2n) is 9.96. The molecule has 8 heteroatoms. The predicted octanol–water partition coefficient (Wildman–Crippen LogP) is 4.17. The lowest BCUT2D eigenvalue weighted by molar-refractivity contribution is -0.140. The van der Waals surface area contributed by atoms with E-state index in [0.717, 1.165) is 27.3 Å². The zero-order valence-corrected chi connectivity index (χ0v) is 23.3. The van der Waals surface area contributed by atoms with E-state index in [1.807, 2.05) is 81.4 Å². The van der Waals surface area contributed by atoms with Gasteiger partial charge in [-0.25, -0.2) is 8.42 Å². The maximum absolute atomic E-state index is 14.0. The number of nitrogens with zero attached hydrogens (tertiary/aromatic N) is 2. The Morgan fingerprint density at radius 3 is 1.92 bits per heavy atom. The van der Waals surface area contributed by atoms with Crippen molar-refractivity contribution in [2.24, 2.45) is 5.92 Å². The van der Waals surface area contributed by atoms with Gasteiger partial charge < -0.3 is 10.2 Å².